The second-order valence-electron chi connectivity index (χ2n) is 16.0. The van der Waals surface area contributed by atoms with Crippen LogP contribution in [0.1, 0.15) is 52.8 Å². The van der Waals surface area contributed by atoms with Crippen LogP contribution in [-0.2, 0) is 26.8 Å². The van der Waals surface area contributed by atoms with E-state index in [2.05, 4.69) is 217 Å². The highest BCUT2D eigenvalue weighted by molar-refractivity contribution is 5.92. The van der Waals surface area contributed by atoms with Crippen molar-refractivity contribution in [3.05, 3.63) is 251 Å². The molecular weight excluding hydrogens is 747 g/mol. The van der Waals surface area contributed by atoms with E-state index in [-0.39, 0.29) is 17.6 Å². The van der Waals surface area contributed by atoms with Crippen LogP contribution in [0.3, 0.4) is 0 Å². The van der Waals surface area contributed by atoms with Crippen molar-refractivity contribution >= 4 is 22.6 Å². The number of ketones is 1. The van der Waals surface area contributed by atoms with Crippen LogP contribution in [0.15, 0.2) is 212 Å². The smallest absolute Gasteiger partial charge is 0.216 e. The van der Waals surface area contributed by atoms with Crippen molar-refractivity contribution in [2.24, 2.45) is 11.8 Å². The Bertz CT molecular complexity index is 2440. The normalized spacial score (nSPS) is 13.3. The van der Waals surface area contributed by atoms with Gasteiger partial charge in [-0.3, -0.25) is 9.59 Å². The standard InChI is InChI=1S/C56H53N3O2/c1-41(55(44-23-9-3-10-24-44,45-25-11-4-12-26-45)46-27-13-5-14-28-46)53(54(61)52(58-38-37-57-42(2)60)39-43-40-59-51-36-22-21-35-50(43)51)56(47-29-15-6-16-30-47,48-31-17-7-18-32-48)49-33-19-8-20-34-49/h3-36,40-41,52-53,58-59H,37-39H2,1-2H3,(H,57,60)/t41?,52-,53?/m0/s1. The lowest BCUT2D eigenvalue weighted by Gasteiger charge is -2.52. The largest absolute Gasteiger partial charge is 0.361 e. The second kappa shape index (κ2) is 18.6. The molecule has 1 amide bonds. The van der Waals surface area contributed by atoms with Gasteiger partial charge in [-0.15, -0.1) is 0 Å². The molecule has 0 spiro atoms. The zero-order valence-corrected chi connectivity index (χ0v) is 34.9. The van der Waals surface area contributed by atoms with E-state index >= 15 is 4.79 Å². The fourth-order valence-corrected chi connectivity index (χ4v) is 10.1. The number of Topliss-reactive ketones (excluding diaryl/α,β-unsaturated/α-hetero) is 1. The van der Waals surface area contributed by atoms with Gasteiger partial charge in [0.1, 0.15) is 0 Å². The first kappa shape index (κ1) is 40.9. The Kier molecular flexibility index (Phi) is 12.5. The Hall–Kier alpha value is -6.82. The Morgan fingerprint density at radius 3 is 1.30 bits per heavy atom. The molecule has 304 valence electrons. The summed E-state index contributed by atoms with van der Waals surface area (Å²) in [5, 5.41) is 7.77. The summed E-state index contributed by atoms with van der Waals surface area (Å²) in [7, 11) is 0. The quantitative estimate of drug-likeness (QED) is 0.0634. The summed E-state index contributed by atoms with van der Waals surface area (Å²) in [5.41, 5.74) is 6.69. The van der Waals surface area contributed by atoms with Crippen molar-refractivity contribution in [3.63, 3.8) is 0 Å². The molecule has 0 bridgehead atoms. The number of carbonyl (C=O) groups is 2. The van der Waals surface area contributed by atoms with E-state index in [1.165, 1.54) is 6.92 Å². The van der Waals surface area contributed by atoms with Gasteiger partial charge in [0, 0.05) is 48.4 Å². The van der Waals surface area contributed by atoms with Gasteiger partial charge in [-0.1, -0.05) is 207 Å². The molecule has 1 aromatic heterocycles. The number of aromatic amines is 1. The summed E-state index contributed by atoms with van der Waals surface area (Å²) in [6.07, 6.45) is 2.48. The van der Waals surface area contributed by atoms with Gasteiger partial charge >= 0.3 is 0 Å². The van der Waals surface area contributed by atoms with E-state index in [0.717, 1.165) is 49.8 Å². The Balaban J connectivity index is 1.48. The molecule has 0 aliphatic heterocycles. The highest BCUT2D eigenvalue weighted by Gasteiger charge is 2.57. The number of benzene rings is 7. The van der Waals surface area contributed by atoms with Gasteiger partial charge in [0.05, 0.1) is 11.5 Å². The number of hydrogen-bond acceptors (Lipinski definition) is 3. The third-order valence-corrected chi connectivity index (χ3v) is 12.7. The molecule has 5 heteroatoms. The molecule has 8 aromatic rings. The topological polar surface area (TPSA) is 74.0 Å². The Morgan fingerprint density at radius 1 is 0.508 bits per heavy atom. The maximum absolute atomic E-state index is 17.0. The molecule has 1 heterocycles. The van der Waals surface area contributed by atoms with Gasteiger partial charge in [0.25, 0.3) is 0 Å². The molecule has 0 fully saturated rings. The summed E-state index contributed by atoms with van der Waals surface area (Å²) in [6.45, 7) is 4.63. The molecule has 0 saturated heterocycles. The zero-order chi connectivity index (χ0) is 42.1. The zero-order valence-electron chi connectivity index (χ0n) is 34.9. The first-order valence-electron chi connectivity index (χ1n) is 21.4. The molecule has 3 N–H and O–H groups in total. The highest BCUT2D eigenvalue weighted by atomic mass is 16.1. The van der Waals surface area contributed by atoms with Crippen LogP contribution in [0, 0.1) is 11.8 Å². The van der Waals surface area contributed by atoms with Crippen molar-refractivity contribution in [3.8, 4) is 0 Å². The number of H-pyrrole nitrogens is 1. The molecule has 61 heavy (non-hydrogen) atoms. The summed E-state index contributed by atoms with van der Waals surface area (Å²) in [6, 6.07) is 71.7. The molecule has 8 rings (SSSR count). The lowest BCUT2D eigenvalue weighted by molar-refractivity contribution is -0.128. The highest BCUT2D eigenvalue weighted by Crippen LogP contribution is 2.56. The maximum Gasteiger partial charge on any atom is 0.216 e. The van der Waals surface area contributed by atoms with E-state index in [4.69, 9.17) is 0 Å². The number of nitrogens with one attached hydrogen (secondary N) is 3. The lowest BCUT2D eigenvalue weighted by Crippen LogP contribution is -2.57. The van der Waals surface area contributed by atoms with Crippen LogP contribution in [0.5, 0.6) is 0 Å². The minimum absolute atomic E-state index is 0.0873. The van der Waals surface area contributed by atoms with Crippen LogP contribution < -0.4 is 10.6 Å². The first-order valence-corrected chi connectivity index (χ1v) is 21.4. The molecule has 0 radical (unpaired) electrons. The first-order chi connectivity index (χ1) is 30.0. The molecular formula is C56H53N3O2. The maximum atomic E-state index is 17.0. The second-order valence-corrected chi connectivity index (χ2v) is 16.0. The molecule has 0 saturated carbocycles. The molecule has 3 atom stereocenters. The van der Waals surface area contributed by atoms with Gasteiger partial charge in [-0.2, -0.15) is 0 Å². The average molecular weight is 800 g/mol. The van der Waals surface area contributed by atoms with Gasteiger partial charge in [-0.25, -0.2) is 0 Å². The van der Waals surface area contributed by atoms with Crippen molar-refractivity contribution in [1.82, 2.24) is 15.6 Å². The van der Waals surface area contributed by atoms with Crippen molar-refractivity contribution < 1.29 is 9.59 Å². The van der Waals surface area contributed by atoms with Crippen LogP contribution in [0.2, 0.25) is 0 Å². The van der Waals surface area contributed by atoms with E-state index in [1.807, 2.05) is 18.3 Å². The average Bonchev–Trinajstić information content (AvgIpc) is 3.73. The van der Waals surface area contributed by atoms with Crippen LogP contribution in [0.25, 0.3) is 10.9 Å². The van der Waals surface area contributed by atoms with Gasteiger partial charge in [-0.05, 0) is 57.3 Å². The number of fused-ring (bicyclic) bond motifs is 1. The van der Waals surface area contributed by atoms with Gasteiger partial charge in [0.2, 0.25) is 5.91 Å². The van der Waals surface area contributed by atoms with Crippen molar-refractivity contribution in [2.75, 3.05) is 13.1 Å². The fraction of sp³-hybridized carbons (Fsp3) is 0.179. The summed E-state index contributed by atoms with van der Waals surface area (Å²) in [5.74, 6) is -1.09. The molecule has 7 aromatic carbocycles. The molecule has 0 aliphatic rings. The fourth-order valence-electron chi connectivity index (χ4n) is 10.1. The van der Waals surface area contributed by atoms with Crippen molar-refractivity contribution in [1.29, 1.82) is 0 Å². The molecule has 2 unspecified atom stereocenters. The number of hydrogen-bond donors (Lipinski definition) is 3. The Morgan fingerprint density at radius 2 is 0.885 bits per heavy atom. The predicted molar refractivity (Wildman–Crippen MR) is 249 cm³/mol. The molecule has 0 aliphatic carbocycles. The predicted octanol–water partition coefficient (Wildman–Crippen LogP) is 10.7. The lowest BCUT2D eigenvalue weighted by atomic mass is 9.49. The third-order valence-electron chi connectivity index (χ3n) is 12.7. The number of carbonyl (C=O) groups excluding carboxylic acids is 2. The number of para-hydroxylation sites is 1. The van der Waals surface area contributed by atoms with Gasteiger partial charge < -0.3 is 15.6 Å². The summed E-state index contributed by atoms with van der Waals surface area (Å²) >= 11 is 0. The van der Waals surface area contributed by atoms with Crippen LogP contribution >= 0.6 is 0 Å². The van der Waals surface area contributed by atoms with E-state index < -0.39 is 22.8 Å². The SMILES string of the molecule is CC(=O)NCCN[C@@H](Cc1c[nH]c2ccccc12)C(=O)C(C(C)C(c1ccccc1)(c1ccccc1)c1ccccc1)C(c1ccccc1)(c1ccccc1)c1ccccc1. The summed E-state index contributed by atoms with van der Waals surface area (Å²) in [4.78, 5) is 32.6. The monoisotopic (exact) mass is 799 g/mol. The number of aromatic nitrogens is 1. The number of amides is 1. The van der Waals surface area contributed by atoms with Crippen molar-refractivity contribution in [2.45, 2.75) is 37.1 Å². The number of rotatable bonds is 17. The van der Waals surface area contributed by atoms with E-state index in [1.54, 1.807) is 0 Å². The summed E-state index contributed by atoms with van der Waals surface area (Å²) < 4.78 is 0. The van der Waals surface area contributed by atoms with E-state index in [0.29, 0.717) is 19.5 Å². The minimum Gasteiger partial charge on any atom is -0.361 e. The third kappa shape index (κ3) is 7.97. The molecule has 5 nitrogen and oxygen atoms in total. The van der Waals surface area contributed by atoms with Crippen LogP contribution in [0.4, 0.5) is 0 Å². The van der Waals surface area contributed by atoms with E-state index in [9.17, 15) is 4.79 Å². The van der Waals surface area contributed by atoms with Gasteiger partial charge in [0.15, 0.2) is 5.78 Å². The Labute approximate surface area is 359 Å². The minimum atomic E-state index is -0.984. The van der Waals surface area contributed by atoms with Crippen LogP contribution in [-0.4, -0.2) is 35.8 Å².